The first-order valence-electron chi connectivity index (χ1n) is 15.7. The number of fused-ring (bicyclic) bond motifs is 14. The van der Waals surface area contributed by atoms with Crippen LogP contribution < -0.4 is 15.9 Å². The molecule has 0 aliphatic heterocycles. The van der Waals surface area contributed by atoms with E-state index in [0.29, 0.717) is 0 Å². The lowest BCUT2D eigenvalue weighted by atomic mass is 9.70. The van der Waals surface area contributed by atoms with E-state index in [1.165, 1.54) is 27.8 Å². The first-order valence-corrected chi connectivity index (χ1v) is 17.4. The first kappa shape index (κ1) is 25.9. The third-order valence-corrected chi connectivity index (χ3v) is 13.3. The summed E-state index contributed by atoms with van der Waals surface area (Å²) in [5.41, 5.74) is 10.6. The topological polar surface area (TPSA) is 30.2 Å². The van der Waals surface area contributed by atoms with E-state index in [0.717, 1.165) is 54.5 Å². The van der Waals surface area contributed by atoms with Crippen LogP contribution in [-0.2, 0) is 9.98 Å². The minimum absolute atomic E-state index is 0.584. The van der Waals surface area contributed by atoms with E-state index in [1.54, 1.807) is 0 Å². The molecule has 2 nitrogen and oxygen atoms in total. The van der Waals surface area contributed by atoms with Crippen molar-refractivity contribution >= 4 is 45.0 Å². The molecule has 1 atom stereocenters. The summed E-state index contributed by atoms with van der Waals surface area (Å²) in [5.74, 6) is 0. The summed E-state index contributed by atoms with van der Waals surface area (Å²) in [4.78, 5) is 0. The summed E-state index contributed by atoms with van der Waals surface area (Å²) in [7, 11) is -3.28. The van der Waals surface area contributed by atoms with Crippen LogP contribution in [0.3, 0.4) is 0 Å². The Morgan fingerprint density at radius 3 is 1.67 bits per heavy atom. The third-order valence-electron chi connectivity index (χ3n) is 10.2. The lowest BCUT2D eigenvalue weighted by molar-refractivity contribution is 0.592. The molecular weight excluding hydrogens is 579 g/mol. The van der Waals surface area contributed by atoms with E-state index < -0.39 is 12.6 Å². The van der Waals surface area contributed by atoms with Crippen molar-refractivity contribution in [2.45, 2.75) is 5.41 Å². The molecule has 46 heavy (non-hydrogen) atoms. The van der Waals surface area contributed by atoms with Gasteiger partial charge in [-0.2, -0.15) is 0 Å². The number of furan rings is 1. The molecule has 216 valence electrons. The Labute approximate surface area is 267 Å². The van der Waals surface area contributed by atoms with Gasteiger partial charge in [-0.25, -0.2) is 0 Å². The van der Waals surface area contributed by atoms with Crippen molar-refractivity contribution in [1.82, 2.24) is 0 Å². The zero-order chi connectivity index (χ0) is 30.5. The van der Waals surface area contributed by atoms with Gasteiger partial charge >= 0.3 is 0 Å². The van der Waals surface area contributed by atoms with Crippen molar-refractivity contribution < 1.29 is 8.98 Å². The van der Waals surface area contributed by atoms with E-state index in [1.807, 2.05) is 66.7 Å². The van der Waals surface area contributed by atoms with Crippen LogP contribution >= 0.6 is 7.14 Å². The van der Waals surface area contributed by atoms with Crippen molar-refractivity contribution in [3.05, 3.63) is 186 Å². The van der Waals surface area contributed by atoms with Crippen LogP contribution in [0.15, 0.2) is 168 Å². The second-order valence-electron chi connectivity index (χ2n) is 12.3. The van der Waals surface area contributed by atoms with Gasteiger partial charge in [-0.15, -0.1) is 0 Å². The maximum absolute atomic E-state index is 15.9. The molecule has 0 N–H and O–H groups in total. The Bertz CT molecular complexity index is 2520. The number of hydrogen-bond donors (Lipinski definition) is 0. The lowest BCUT2D eigenvalue weighted by Gasteiger charge is -2.31. The van der Waals surface area contributed by atoms with E-state index in [9.17, 15) is 0 Å². The highest BCUT2D eigenvalue weighted by Crippen LogP contribution is 2.65. The molecule has 0 bridgehead atoms. The summed E-state index contributed by atoms with van der Waals surface area (Å²) >= 11 is 0. The van der Waals surface area contributed by atoms with Gasteiger partial charge in [0.2, 0.25) is 0 Å². The fourth-order valence-corrected chi connectivity index (χ4v) is 11.3. The Morgan fingerprint density at radius 1 is 0.435 bits per heavy atom. The molecule has 1 heterocycles. The normalized spacial score (nSPS) is 16.0. The quantitative estimate of drug-likeness (QED) is 0.188. The summed E-state index contributed by atoms with van der Waals surface area (Å²) in [5, 5.41) is 4.80. The Balaban J connectivity index is 1.36. The highest BCUT2D eigenvalue weighted by atomic mass is 31.2. The second kappa shape index (κ2) is 9.30. The molecule has 0 saturated heterocycles. The average molecular weight is 607 g/mol. The monoisotopic (exact) mass is 606 g/mol. The fourth-order valence-electron chi connectivity index (χ4n) is 8.40. The lowest BCUT2D eigenvalue weighted by Crippen LogP contribution is -2.29. The standard InChI is InChI=1S/C43H27O2P/c44-46(28-14-3-1-4-15-28,29-16-5-2-6-17-29)39-25-13-23-36-40(39)32-19-7-10-21-34(32)43(36)35-22-11-8-20-33(35)41-37(43)27-26-31-30-18-9-12-24-38(30)45-42(31)41/h1-27H. The van der Waals surface area contributed by atoms with Gasteiger partial charge in [0.1, 0.15) is 11.2 Å². The molecule has 1 aromatic heterocycles. The van der Waals surface area contributed by atoms with Crippen molar-refractivity contribution in [2.75, 3.05) is 0 Å². The maximum Gasteiger partial charge on any atom is 0.171 e. The predicted octanol–water partition coefficient (Wildman–Crippen LogP) is 9.57. The molecule has 0 fully saturated rings. The molecule has 1 unspecified atom stereocenters. The van der Waals surface area contributed by atoms with Gasteiger partial charge in [-0.1, -0.05) is 158 Å². The van der Waals surface area contributed by atoms with Crippen LogP contribution in [0.2, 0.25) is 0 Å². The molecule has 0 amide bonds. The van der Waals surface area contributed by atoms with Gasteiger partial charge in [0.25, 0.3) is 0 Å². The van der Waals surface area contributed by atoms with Crippen LogP contribution in [0.1, 0.15) is 22.3 Å². The van der Waals surface area contributed by atoms with Crippen molar-refractivity contribution in [1.29, 1.82) is 0 Å². The maximum atomic E-state index is 15.9. The van der Waals surface area contributed by atoms with Crippen molar-refractivity contribution in [3.63, 3.8) is 0 Å². The Hall–Kier alpha value is -5.43. The van der Waals surface area contributed by atoms with Crippen molar-refractivity contribution in [2.24, 2.45) is 0 Å². The molecule has 2 aliphatic carbocycles. The zero-order valence-electron chi connectivity index (χ0n) is 24.9. The van der Waals surface area contributed by atoms with Crippen LogP contribution in [-0.4, -0.2) is 0 Å². The van der Waals surface area contributed by atoms with Crippen LogP contribution in [0.5, 0.6) is 0 Å². The minimum atomic E-state index is -3.28. The van der Waals surface area contributed by atoms with Crippen LogP contribution in [0, 0.1) is 0 Å². The molecule has 3 heteroatoms. The molecule has 8 aromatic rings. The Kier molecular flexibility index (Phi) is 5.23. The van der Waals surface area contributed by atoms with Gasteiger partial charge in [-0.3, -0.25) is 0 Å². The number of benzene rings is 7. The summed E-state index contributed by atoms with van der Waals surface area (Å²) in [6.07, 6.45) is 0. The molecule has 1 spiro atoms. The van der Waals surface area contributed by atoms with Crippen LogP contribution in [0.25, 0.3) is 44.2 Å². The van der Waals surface area contributed by atoms with Gasteiger partial charge in [0, 0.05) is 32.2 Å². The third kappa shape index (κ3) is 3.10. The highest BCUT2D eigenvalue weighted by Gasteiger charge is 2.54. The van der Waals surface area contributed by atoms with Gasteiger partial charge < -0.3 is 8.98 Å². The SMILES string of the molecule is O=P(c1ccccc1)(c1ccccc1)c1cccc2c1-c1ccccc1C21c2ccccc2-c2c1ccc1c2oc2ccccc21. The van der Waals surface area contributed by atoms with Crippen LogP contribution in [0.4, 0.5) is 0 Å². The van der Waals surface area contributed by atoms with E-state index >= 15 is 4.57 Å². The average Bonchev–Trinajstić information content (AvgIpc) is 3.76. The summed E-state index contributed by atoms with van der Waals surface area (Å²) in [6, 6.07) is 56.8. The molecule has 10 rings (SSSR count). The largest absolute Gasteiger partial charge is 0.455 e. The fraction of sp³-hybridized carbons (Fsp3) is 0.0233. The van der Waals surface area contributed by atoms with Gasteiger partial charge in [-0.05, 0) is 45.0 Å². The van der Waals surface area contributed by atoms with Crippen molar-refractivity contribution in [3.8, 4) is 22.3 Å². The molecule has 0 radical (unpaired) electrons. The van der Waals surface area contributed by atoms with Gasteiger partial charge in [0.15, 0.2) is 7.14 Å². The molecule has 7 aromatic carbocycles. The zero-order valence-corrected chi connectivity index (χ0v) is 25.7. The number of hydrogen-bond acceptors (Lipinski definition) is 2. The molecule has 2 aliphatic rings. The predicted molar refractivity (Wildman–Crippen MR) is 189 cm³/mol. The summed E-state index contributed by atoms with van der Waals surface area (Å²) < 4.78 is 22.6. The number of para-hydroxylation sites is 1. The summed E-state index contributed by atoms with van der Waals surface area (Å²) in [6.45, 7) is 0. The van der Waals surface area contributed by atoms with E-state index in [2.05, 4.69) is 97.1 Å². The molecular formula is C43H27O2P. The first-order chi connectivity index (χ1) is 22.7. The number of rotatable bonds is 3. The minimum Gasteiger partial charge on any atom is -0.455 e. The van der Waals surface area contributed by atoms with E-state index in [4.69, 9.17) is 4.42 Å². The highest BCUT2D eigenvalue weighted by molar-refractivity contribution is 7.85. The second-order valence-corrected chi connectivity index (χ2v) is 15.0. The molecule has 0 saturated carbocycles. The smallest absolute Gasteiger partial charge is 0.171 e. The van der Waals surface area contributed by atoms with Gasteiger partial charge in [0.05, 0.1) is 5.41 Å². The van der Waals surface area contributed by atoms with E-state index in [-0.39, 0.29) is 0 Å². The Morgan fingerprint density at radius 2 is 0.978 bits per heavy atom.